The summed E-state index contributed by atoms with van der Waals surface area (Å²) >= 11 is 0. The van der Waals surface area contributed by atoms with Crippen molar-refractivity contribution in [2.24, 2.45) is 10.9 Å². The number of nitrogens with one attached hydrogen (secondary N) is 1. The molecule has 1 amide bonds. The molecule has 0 radical (unpaired) electrons. The van der Waals surface area contributed by atoms with Crippen molar-refractivity contribution < 1.29 is 19.1 Å². The largest absolute Gasteiger partial charge is 0.444 e. The van der Waals surface area contributed by atoms with E-state index in [9.17, 15) is 14.4 Å². The fourth-order valence-electron chi connectivity index (χ4n) is 3.57. The van der Waals surface area contributed by atoms with E-state index in [0.717, 1.165) is 16.8 Å². The molecule has 2 rings (SSSR count). The highest BCUT2D eigenvalue weighted by atomic mass is 16.6. The van der Waals surface area contributed by atoms with Gasteiger partial charge in [0, 0.05) is 12.6 Å². The lowest BCUT2D eigenvalue weighted by atomic mass is 9.70. The third-order valence-electron chi connectivity index (χ3n) is 5.06. The molecule has 1 aliphatic heterocycles. The van der Waals surface area contributed by atoms with Crippen LogP contribution in [-0.2, 0) is 19.7 Å². The average Bonchev–Trinajstić information content (AvgIpc) is 2.97. The number of hydrogen-bond donors (Lipinski definition) is 1. The van der Waals surface area contributed by atoms with Gasteiger partial charge in [0.25, 0.3) is 0 Å². The van der Waals surface area contributed by atoms with Gasteiger partial charge in [0.1, 0.15) is 11.4 Å². The van der Waals surface area contributed by atoms with Gasteiger partial charge in [-0.25, -0.2) is 4.79 Å². The Labute approximate surface area is 173 Å². The van der Waals surface area contributed by atoms with Crippen LogP contribution in [0, 0.1) is 12.8 Å². The molecule has 0 saturated heterocycles. The quantitative estimate of drug-likeness (QED) is 0.733. The highest BCUT2D eigenvalue weighted by Crippen LogP contribution is 2.43. The molecule has 1 aromatic carbocycles. The van der Waals surface area contributed by atoms with Crippen LogP contribution in [0.4, 0.5) is 10.5 Å². The first-order valence-electron chi connectivity index (χ1n) is 10.1. The van der Waals surface area contributed by atoms with Crippen molar-refractivity contribution in [1.29, 1.82) is 0 Å². The average molecular weight is 401 g/mol. The number of amides is 1. The van der Waals surface area contributed by atoms with Gasteiger partial charge in [-0.3, -0.25) is 9.79 Å². The second-order valence-corrected chi connectivity index (χ2v) is 9.13. The molecule has 0 saturated carbocycles. The summed E-state index contributed by atoms with van der Waals surface area (Å²) in [5, 5.41) is 2.75. The molecule has 0 fully saturated rings. The SMILES string of the molecule is CC(=O)CC[C@]1(C(=O)[C@@H](NC(=O)OC(C)(C)C)C(C)C)C=Nc2c(C)cccc21. The van der Waals surface area contributed by atoms with E-state index in [0.29, 0.717) is 6.42 Å². The van der Waals surface area contributed by atoms with Crippen LogP contribution >= 0.6 is 0 Å². The van der Waals surface area contributed by atoms with Gasteiger partial charge in [-0.2, -0.15) is 0 Å². The minimum atomic E-state index is -1.04. The van der Waals surface area contributed by atoms with Gasteiger partial charge in [0.2, 0.25) is 0 Å². The lowest BCUT2D eigenvalue weighted by Gasteiger charge is -2.33. The molecule has 29 heavy (non-hydrogen) atoms. The van der Waals surface area contributed by atoms with Crippen LogP contribution in [-0.4, -0.2) is 35.5 Å². The minimum absolute atomic E-state index is 0.00729. The van der Waals surface area contributed by atoms with Gasteiger partial charge < -0.3 is 14.8 Å². The van der Waals surface area contributed by atoms with Crippen molar-refractivity contribution in [1.82, 2.24) is 5.32 Å². The van der Waals surface area contributed by atoms with E-state index in [1.165, 1.54) is 6.92 Å². The molecule has 0 bridgehead atoms. The number of aliphatic imine (C=N–C) groups is 1. The summed E-state index contributed by atoms with van der Waals surface area (Å²) in [4.78, 5) is 42.5. The molecular formula is C23H32N2O4. The maximum absolute atomic E-state index is 13.8. The number of nitrogens with zero attached hydrogens (tertiary/aromatic N) is 1. The van der Waals surface area contributed by atoms with Crippen LogP contribution in [0.5, 0.6) is 0 Å². The number of ether oxygens (including phenoxy) is 1. The highest BCUT2D eigenvalue weighted by molar-refractivity contribution is 6.13. The molecule has 1 heterocycles. The summed E-state index contributed by atoms with van der Waals surface area (Å²) < 4.78 is 5.36. The van der Waals surface area contributed by atoms with Crippen LogP contribution in [0.1, 0.15) is 65.5 Å². The van der Waals surface area contributed by atoms with Crippen molar-refractivity contribution >= 4 is 29.6 Å². The number of alkyl carbamates (subject to hydrolysis) is 1. The molecule has 0 spiro atoms. The van der Waals surface area contributed by atoms with Gasteiger partial charge in [0.15, 0.2) is 5.78 Å². The first kappa shape index (κ1) is 22.8. The lowest BCUT2D eigenvalue weighted by Crippen LogP contribution is -2.53. The molecule has 1 N–H and O–H groups in total. The number of hydrogen-bond acceptors (Lipinski definition) is 5. The number of Topliss-reactive ketones (excluding diaryl/α,β-unsaturated/α-hetero) is 2. The predicted octanol–water partition coefficient (Wildman–Crippen LogP) is 4.44. The molecule has 0 unspecified atom stereocenters. The van der Waals surface area contributed by atoms with Crippen molar-refractivity contribution in [2.75, 3.05) is 0 Å². The number of aryl methyl sites for hydroxylation is 1. The predicted molar refractivity (Wildman–Crippen MR) is 114 cm³/mol. The minimum Gasteiger partial charge on any atom is -0.444 e. The smallest absolute Gasteiger partial charge is 0.408 e. The molecule has 6 heteroatoms. The number of ketones is 2. The molecule has 2 atom stereocenters. The van der Waals surface area contributed by atoms with Crippen LogP contribution in [0.25, 0.3) is 0 Å². The molecule has 1 aromatic rings. The highest BCUT2D eigenvalue weighted by Gasteiger charge is 2.47. The summed E-state index contributed by atoms with van der Waals surface area (Å²) in [5.41, 5.74) is 0.818. The number of fused-ring (bicyclic) bond motifs is 1. The second kappa shape index (κ2) is 8.47. The van der Waals surface area contributed by atoms with E-state index >= 15 is 0 Å². The maximum atomic E-state index is 13.8. The molecule has 0 aromatic heterocycles. The number of carbonyl (C=O) groups excluding carboxylic acids is 3. The third-order valence-corrected chi connectivity index (χ3v) is 5.06. The Morgan fingerprint density at radius 2 is 1.86 bits per heavy atom. The van der Waals surface area contributed by atoms with Crippen molar-refractivity contribution in [3.63, 3.8) is 0 Å². The summed E-state index contributed by atoms with van der Waals surface area (Å²) in [5.74, 6) is -0.327. The standard InChI is InChI=1S/C23H32N2O4/c1-14(2)18(25-21(28)29-22(5,6)7)20(27)23(12-11-16(4)26)13-24-19-15(3)9-8-10-17(19)23/h8-10,13-14,18H,11-12H2,1-7H3,(H,25,28)/t18-,23-/m0/s1. The summed E-state index contributed by atoms with van der Waals surface area (Å²) in [6, 6.07) is 4.96. The number of rotatable bonds is 7. The van der Waals surface area contributed by atoms with E-state index in [1.54, 1.807) is 27.0 Å². The Hall–Kier alpha value is -2.50. The van der Waals surface area contributed by atoms with E-state index in [1.807, 2.05) is 39.0 Å². The van der Waals surface area contributed by atoms with Gasteiger partial charge in [-0.15, -0.1) is 0 Å². The van der Waals surface area contributed by atoms with Crippen LogP contribution in [0.3, 0.4) is 0 Å². The normalized spacial score (nSPS) is 19.0. The fourth-order valence-corrected chi connectivity index (χ4v) is 3.57. The third kappa shape index (κ3) is 5.11. The molecule has 0 aliphatic carbocycles. The van der Waals surface area contributed by atoms with Crippen molar-refractivity contribution in [3.05, 3.63) is 29.3 Å². The van der Waals surface area contributed by atoms with Gasteiger partial charge >= 0.3 is 6.09 Å². The zero-order chi connectivity index (χ0) is 22.0. The van der Waals surface area contributed by atoms with Gasteiger partial charge in [-0.1, -0.05) is 32.0 Å². The van der Waals surface area contributed by atoms with E-state index in [-0.39, 0.29) is 23.9 Å². The fraction of sp³-hybridized carbons (Fsp3) is 0.565. The van der Waals surface area contributed by atoms with Crippen molar-refractivity contribution in [3.8, 4) is 0 Å². The Morgan fingerprint density at radius 3 is 2.41 bits per heavy atom. The first-order valence-corrected chi connectivity index (χ1v) is 10.1. The lowest BCUT2D eigenvalue weighted by molar-refractivity contribution is -0.125. The van der Waals surface area contributed by atoms with E-state index in [4.69, 9.17) is 4.74 Å². The maximum Gasteiger partial charge on any atom is 0.408 e. The van der Waals surface area contributed by atoms with Gasteiger partial charge in [-0.05, 0) is 58.1 Å². The monoisotopic (exact) mass is 400 g/mol. The Bertz CT molecular complexity index is 836. The Morgan fingerprint density at radius 1 is 1.21 bits per heavy atom. The first-order chi connectivity index (χ1) is 13.4. The summed E-state index contributed by atoms with van der Waals surface area (Å²) in [6.45, 7) is 12.5. The second-order valence-electron chi connectivity index (χ2n) is 9.13. The Kier molecular flexibility index (Phi) is 6.66. The van der Waals surface area contributed by atoms with Crippen LogP contribution < -0.4 is 5.32 Å². The van der Waals surface area contributed by atoms with E-state index < -0.39 is 23.2 Å². The molecule has 158 valence electrons. The zero-order valence-electron chi connectivity index (χ0n) is 18.5. The van der Waals surface area contributed by atoms with Crippen LogP contribution in [0.2, 0.25) is 0 Å². The van der Waals surface area contributed by atoms with Gasteiger partial charge in [0.05, 0.1) is 17.1 Å². The molecule has 6 nitrogen and oxygen atoms in total. The summed E-state index contributed by atoms with van der Waals surface area (Å²) in [7, 11) is 0. The molecular weight excluding hydrogens is 368 g/mol. The van der Waals surface area contributed by atoms with E-state index in [2.05, 4.69) is 10.3 Å². The topological polar surface area (TPSA) is 84.8 Å². The van der Waals surface area contributed by atoms with Crippen LogP contribution in [0.15, 0.2) is 23.2 Å². The number of carbonyl (C=O) groups is 3. The Balaban J connectivity index is 2.44. The van der Waals surface area contributed by atoms with Crippen molar-refractivity contribution in [2.45, 2.75) is 78.4 Å². The summed E-state index contributed by atoms with van der Waals surface area (Å²) in [6.07, 6.45) is 1.59. The zero-order valence-corrected chi connectivity index (χ0v) is 18.5. The molecule has 1 aliphatic rings. The number of para-hydroxylation sites is 1. The number of benzene rings is 1.